The molecule has 3 aromatic carbocycles. The number of aryl methyl sites for hydroxylation is 1. The van der Waals surface area contributed by atoms with Crippen LogP contribution in [0.4, 0.5) is 5.69 Å². The third kappa shape index (κ3) is 6.69. The molecule has 0 bridgehead atoms. The number of piperidine rings is 1. The monoisotopic (exact) mass is 529 g/mol. The molecule has 9 heteroatoms. The lowest BCUT2D eigenvalue weighted by atomic mass is 9.95. The Morgan fingerprint density at radius 3 is 2.08 bits per heavy atom. The summed E-state index contributed by atoms with van der Waals surface area (Å²) in [5.74, 6) is -1.61. The highest BCUT2D eigenvalue weighted by atomic mass is 16.5. The molecule has 39 heavy (non-hydrogen) atoms. The maximum atomic E-state index is 13.5. The summed E-state index contributed by atoms with van der Waals surface area (Å²) in [7, 11) is 0. The first-order chi connectivity index (χ1) is 18.8. The molecular formula is C30H31N3O6. The van der Waals surface area contributed by atoms with Crippen LogP contribution < -0.4 is 10.8 Å². The summed E-state index contributed by atoms with van der Waals surface area (Å²) < 4.78 is 5.13. The first kappa shape index (κ1) is 27.5. The van der Waals surface area contributed by atoms with Gasteiger partial charge in [-0.15, -0.1) is 0 Å². The topological polar surface area (TPSA) is 125 Å². The van der Waals surface area contributed by atoms with E-state index in [9.17, 15) is 19.2 Å². The van der Waals surface area contributed by atoms with E-state index in [1.807, 2.05) is 19.1 Å². The van der Waals surface area contributed by atoms with Crippen molar-refractivity contribution in [3.05, 3.63) is 89.0 Å². The number of rotatable bonds is 7. The molecule has 1 heterocycles. The Hall–Kier alpha value is -4.50. The number of ether oxygens (including phenoxy) is 1. The van der Waals surface area contributed by atoms with E-state index in [4.69, 9.17) is 9.94 Å². The second-order valence-electron chi connectivity index (χ2n) is 9.46. The molecule has 0 spiro atoms. The fraction of sp³-hybridized carbons (Fsp3) is 0.267. The predicted molar refractivity (Wildman–Crippen MR) is 146 cm³/mol. The van der Waals surface area contributed by atoms with Crippen LogP contribution in [0.1, 0.15) is 56.4 Å². The lowest BCUT2D eigenvalue weighted by Crippen LogP contribution is -2.40. The number of nitrogens with one attached hydrogen (secondary N) is 2. The van der Waals surface area contributed by atoms with Crippen LogP contribution in [0.15, 0.2) is 66.7 Å². The van der Waals surface area contributed by atoms with E-state index < -0.39 is 5.91 Å². The molecule has 9 nitrogen and oxygen atoms in total. The van der Waals surface area contributed by atoms with Crippen LogP contribution in [0.3, 0.4) is 0 Å². The lowest BCUT2D eigenvalue weighted by Gasteiger charge is -2.31. The zero-order chi connectivity index (χ0) is 27.9. The van der Waals surface area contributed by atoms with Crippen molar-refractivity contribution >= 4 is 29.4 Å². The van der Waals surface area contributed by atoms with Crippen LogP contribution in [0.2, 0.25) is 0 Å². The van der Waals surface area contributed by atoms with Gasteiger partial charge < -0.3 is 15.0 Å². The van der Waals surface area contributed by atoms with Crippen molar-refractivity contribution in [2.75, 3.05) is 25.0 Å². The first-order valence-corrected chi connectivity index (χ1v) is 12.8. The SMILES string of the molecule is CCOC(=O)C1CCN(C(=O)c2cc(NC(=O)c3ccc(C)cc3)cc(-c3ccc(C(=O)NO)cc3)c2)CC1. The van der Waals surface area contributed by atoms with Crippen molar-refractivity contribution in [3.8, 4) is 11.1 Å². The minimum Gasteiger partial charge on any atom is -0.466 e. The number of carbonyl (C=O) groups excluding carboxylic acids is 4. The van der Waals surface area contributed by atoms with Gasteiger partial charge in [0.2, 0.25) is 0 Å². The van der Waals surface area contributed by atoms with Gasteiger partial charge in [0.15, 0.2) is 0 Å². The average molecular weight is 530 g/mol. The van der Waals surface area contributed by atoms with E-state index in [1.54, 1.807) is 71.9 Å². The molecule has 4 rings (SSSR count). The summed E-state index contributed by atoms with van der Waals surface area (Å²) in [6.07, 6.45) is 1.05. The quantitative estimate of drug-likeness (QED) is 0.236. The van der Waals surface area contributed by atoms with Gasteiger partial charge in [-0.1, -0.05) is 29.8 Å². The summed E-state index contributed by atoms with van der Waals surface area (Å²) in [5, 5.41) is 11.8. The van der Waals surface area contributed by atoms with Gasteiger partial charge in [-0.05, 0) is 80.3 Å². The van der Waals surface area contributed by atoms with E-state index in [-0.39, 0.29) is 29.3 Å². The van der Waals surface area contributed by atoms with Crippen LogP contribution in [0, 0.1) is 12.8 Å². The van der Waals surface area contributed by atoms with Crippen molar-refractivity contribution < 1.29 is 29.1 Å². The number of amides is 3. The fourth-order valence-corrected chi connectivity index (χ4v) is 4.54. The van der Waals surface area contributed by atoms with Crippen molar-refractivity contribution in [2.24, 2.45) is 5.92 Å². The van der Waals surface area contributed by atoms with Gasteiger partial charge in [-0.2, -0.15) is 0 Å². The molecule has 0 atom stereocenters. The Bertz CT molecular complexity index is 1360. The van der Waals surface area contributed by atoms with Crippen molar-refractivity contribution in [3.63, 3.8) is 0 Å². The highest BCUT2D eigenvalue weighted by molar-refractivity contribution is 6.06. The standard InChI is InChI=1S/C30H31N3O6/c1-3-39-30(37)23-12-14-33(15-13-23)29(36)25-16-24(20-8-10-22(11-9-20)28(35)32-38)17-26(18-25)31-27(34)21-6-4-19(2)5-7-21/h4-11,16-18,23,38H,3,12-15H2,1-2H3,(H,31,34)(H,32,35). The Morgan fingerprint density at radius 1 is 0.846 bits per heavy atom. The molecule has 3 aromatic rings. The summed E-state index contributed by atoms with van der Waals surface area (Å²) in [6, 6.07) is 18.8. The Morgan fingerprint density at radius 2 is 1.46 bits per heavy atom. The lowest BCUT2D eigenvalue weighted by molar-refractivity contribution is -0.149. The van der Waals surface area contributed by atoms with Crippen LogP contribution in [0.5, 0.6) is 0 Å². The maximum absolute atomic E-state index is 13.5. The second kappa shape index (κ2) is 12.4. The van der Waals surface area contributed by atoms with Crippen molar-refractivity contribution in [1.82, 2.24) is 10.4 Å². The highest BCUT2D eigenvalue weighted by Gasteiger charge is 2.29. The summed E-state index contributed by atoms with van der Waals surface area (Å²) in [5.41, 5.74) is 5.60. The summed E-state index contributed by atoms with van der Waals surface area (Å²) in [6.45, 7) is 4.88. The van der Waals surface area contributed by atoms with Crippen LogP contribution in [0.25, 0.3) is 11.1 Å². The third-order valence-electron chi connectivity index (χ3n) is 6.74. The Balaban J connectivity index is 1.61. The van der Waals surface area contributed by atoms with Gasteiger partial charge in [0.25, 0.3) is 17.7 Å². The zero-order valence-corrected chi connectivity index (χ0v) is 21.9. The first-order valence-electron chi connectivity index (χ1n) is 12.8. The van der Waals surface area contributed by atoms with E-state index >= 15 is 0 Å². The second-order valence-corrected chi connectivity index (χ2v) is 9.46. The minimum absolute atomic E-state index is 0.207. The van der Waals surface area contributed by atoms with Gasteiger partial charge in [0.05, 0.1) is 12.5 Å². The molecule has 0 radical (unpaired) electrons. The molecule has 1 saturated heterocycles. The number of nitrogens with zero attached hydrogens (tertiary/aromatic N) is 1. The summed E-state index contributed by atoms with van der Waals surface area (Å²) >= 11 is 0. The van der Waals surface area contributed by atoms with Crippen molar-refractivity contribution in [2.45, 2.75) is 26.7 Å². The van der Waals surface area contributed by atoms with Crippen molar-refractivity contribution in [1.29, 1.82) is 0 Å². The number of esters is 1. The molecular weight excluding hydrogens is 498 g/mol. The van der Waals surface area contributed by atoms with E-state index in [2.05, 4.69) is 5.32 Å². The largest absolute Gasteiger partial charge is 0.466 e. The Labute approximate surface area is 226 Å². The maximum Gasteiger partial charge on any atom is 0.309 e. The molecule has 202 valence electrons. The van der Waals surface area contributed by atoms with Gasteiger partial charge in [-0.25, -0.2) is 5.48 Å². The predicted octanol–water partition coefficient (Wildman–Crippen LogP) is 4.45. The normalized spacial score (nSPS) is 13.5. The minimum atomic E-state index is -0.636. The molecule has 0 aromatic heterocycles. The van der Waals surface area contributed by atoms with E-state index in [1.165, 1.54) is 0 Å². The number of hydroxylamine groups is 1. The Kier molecular flexibility index (Phi) is 8.73. The molecule has 3 amide bonds. The summed E-state index contributed by atoms with van der Waals surface area (Å²) in [4.78, 5) is 52.0. The van der Waals surface area contributed by atoms with E-state index in [0.29, 0.717) is 60.5 Å². The number of hydrogen-bond donors (Lipinski definition) is 3. The average Bonchev–Trinajstić information content (AvgIpc) is 2.96. The molecule has 3 N–H and O–H groups in total. The molecule has 1 aliphatic rings. The van der Waals surface area contributed by atoms with Gasteiger partial charge >= 0.3 is 5.97 Å². The number of benzene rings is 3. The van der Waals surface area contributed by atoms with Crippen LogP contribution in [-0.4, -0.2) is 53.5 Å². The molecule has 1 fully saturated rings. The zero-order valence-electron chi connectivity index (χ0n) is 21.9. The molecule has 0 unspecified atom stereocenters. The number of hydrogen-bond acceptors (Lipinski definition) is 6. The number of anilines is 1. The third-order valence-corrected chi connectivity index (χ3v) is 6.74. The molecule has 0 aliphatic carbocycles. The smallest absolute Gasteiger partial charge is 0.309 e. The van der Waals surface area contributed by atoms with E-state index in [0.717, 1.165) is 5.56 Å². The number of likely N-dealkylation sites (tertiary alicyclic amines) is 1. The fourth-order valence-electron chi connectivity index (χ4n) is 4.54. The molecule has 1 aliphatic heterocycles. The van der Waals surface area contributed by atoms with Gasteiger partial charge in [0.1, 0.15) is 0 Å². The van der Waals surface area contributed by atoms with Crippen LogP contribution >= 0.6 is 0 Å². The van der Waals surface area contributed by atoms with Gasteiger partial charge in [0, 0.05) is 35.5 Å². The van der Waals surface area contributed by atoms with Crippen LogP contribution in [-0.2, 0) is 9.53 Å². The highest BCUT2D eigenvalue weighted by Crippen LogP contribution is 2.28. The number of carbonyl (C=O) groups is 4. The van der Waals surface area contributed by atoms with Gasteiger partial charge in [-0.3, -0.25) is 24.4 Å². The molecule has 0 saturated carbocycles.